The van der Waals surface area contributed by atoms with E-state index in [0.29, 0.717) is 12.1 Å². The largest absolute Gasteiger partial charge is 0.294 e. The first-order valence-corrected chi connectivity index (χ1v) is 13.4. The summed E-state index contributed by atoms with van der Waals surface area (Å²) >= 11 is 0. The molecule has 2 nitrogen and oxygen atoms in total. The van der Waals surface area contributed by atoms with E-state index in [1.54, 1.807) is 0 Å². The van der Waals surface area contributed by atoms with E-state index in [1.807, 2.05) is 0 Å². The van der Waals surface area contributed by atoms with E-state index >= 15 is 0 Å². The minimum Gasteiger partial charge on any atom is -0.294 e. The van der Waals surface area contributed by atoms with Crippen LogP contribution in [0.25, 0.3) is 12.2 Å². The molecule has 2 heteroatoms. The number of hydrogen-bond acceptors (Lipinski definition) is 2. The quantitative estimate of drug-likeness (QED) is 0.242. The molecule has 0 N–H and O–H groups in total. The van der Waals surface area contributed by atoms with E-state index in [-0.39, 0.29) is 0 Å². The van der Waals surface area contributed by atoms with Crippen molar-refractivity contribution in [3.8, 4) is 0 Å². The second kappa shape index (κ2) is 13.0. The molecule has 4 aromatic carbocycles. The number of rotatable bonds is 9. The Morgan fingerprint density at radius 2 is 0.946 bits per heavy atom. The first kappa shape index (κ1) is 25.0. The third-order valence-corrected chi connectivity index (χ3v) is 7.21. The SMILES string of the molecule is C(=C\c1ccccc1)/CC(/C=C/c1ccccc1)N1CCN(C(c2ccccc2)c2ccccc2)CC1. The lowest BCUT2D eigenvalue weighted by atomic mass is 9.96. The Bertz CT molecular complexity index is 1200. The van der Waals surface area contributed by atoms with Crippen molar-refractivity contribution in [2.75, 3.05) is 26.2 Å². The third-order valence-electron chi connectivity index (χ3n) is 7.21. The average Bonchev–Trinajstić information content (AvgIpc) is 2.98. The molecule has 0 radical (unpaired) electrons. The highest BCUT2D eigenvalue weighted by Gasteiger charge is 2.28. The van der Waals surface area contributed by atoms with Crippen molar-refractivity contribution in [1.82, 2.24) is 9.80 Å². The molecule has 0 amide bonds. The van der Waals surface area contributed by atoms with Gasteiger partial charge in [0.25, 0.3) is 0 Å². The van der Waals surface area contributed by atoms with Crippen LogP contribution in [-0.2, 0) is 0 Å². The molecule has 4 aromatic rings. The fraction of sp³-hybridized carbons (Fsp3) is 0.200. The Balaban J connectivity index is 1.31. The summed E-state index contributed by atoms with van der Waals surface area (Å²) in [5.41, 5.74) is 5.25. The molecule has 0 bridgehead atoms. The molecule has 1 aliphatic rings. The molecule has 186 valence electrons. The predicted molar refractivity (Wildman–Crippen MR) is 157 cm³/mol. The lowest BCUT2D eigenvalue weighted by molar-refractivity contribution is 0.0928. The van der Waals surface area contributed by atoms with Crippen molar-refractivity contribution < 1.29 is 0 Å². The van der Waals surface area contributed by atoms with Crippen LogP contribution in [-0.4, -0.2) is 42.0 Å². The van der Waals surface area contributed by atoms with E-state index < -0.39 is 0 Å². The first-order chi connectivity index (χ1) is 18.4. The van der Waals surface area contributed by atoms with Gasteiger partial charge in [0.15, 0.2) is 0 Å². The van der Waals surface area contributed by atoms with Crippen LogP contribution >= 0.6 is 0 Å². The summed E-state index contributed by atoms with van der Waals surface area (Å²) in [4.78, 5) is 5.30. The van der Waals surface area contributed by atoms with E-state index in [9.17, 15) is 0 Å². The van der Waals surface area contributed by atoms with Crippen molar-refractivity contribution in [3.05, 3.63) is 156 Å². The standard InChI is InChI=1S/C35H36N2/c1-5-14-30(15-6-1)18-13-23-34(25-24-31-16-7-2-8-17-31)36-26-28-37(29-27-36)35(32-19-9-3-10-20-32)33-21-11-4-12-22-33/h1-22,24-25,34-35H,23,26-29H2/b18-13+,25-24+. The maximum Gasteiger partial charge on any atom is 0.0602 e. The van der Waals surface area contributed by atoms with Crippen LogP contribution in [0.5, 0.6) is 0 Å². The Labute approximate surface area is 222 Å². The van der Waals surface area contributed by atoms with Gasteiger partial charge in [-0.25, -0.2) is 0 Å². The molecule has 1 heterocycles. The Kier molecular flexibility index (Phi) is 8.77. The van der Waals surface area contributed by atoms with Crippen LogP contribution in [0.15, 0.2) is 133 Å². The molecule has 1 aliphatic heterocycles. The van der Waals surface area contributed by atoms with Gasteiger partial charge in [-0.3, -0.25) is 9.80 Å². The average molecular weight is 485 g/mol. The predicted octanol–water partition coefficient (Wildman–Crippen LogP) is 7.58. The highest BCUT2D eigenvalue weighted by atomic mass is 15.3. The second-order valence-electron chi connectivity index (χ2n) is 9.68. The fourth-order valence-electron chi connectivity index (χ4n) is 5.26. The van der Waals surface area contributed by atoms with Gasteiger partial charge in [0, 0.05) is 32.2 Å². The van der Waals surface area contributed by atoms with Gasteiger partial charge in [0.05, 0.1) is 6.04 Å². The summed E-state index contributed by atoms with van der Waals surface area (Å²) in [5.74, 6) is 0. The zero-order chi connectivity index (χ0) is 25.1. The highest BCUT2D eigenvalue weighted by Crippen LogP contribution is 2.30. The summed E-state index contributed by atoms with van der Waals surface area (Å²) in [5, 5.41) is 0. The van der Waals surface area contributed by atoms with Crippen LogP contribution in [0, 0.1) is 0 Å². The molecular weight excluding hydrogens is 448 g/mol. The zero-order valence-electron chi connectivity index (χ0n) is 21.4. The topological polar surface area (TPSA) is 6.48 Å². The first-order valence-electron chi connectivity index (χ1n) is 13.4. The Hall–Kier alpha value is -3.72. The van der Waals surface area contributed by atoms with Gasteiger partial charge in [-0.2, -0.15) is 0 Å². The molecule has 1 unspecified atom stereocenters. The number of benzene rings is 4. The summed E-state index contributed by atoms with van der Waals surface area (Å²) in [6.07, 6.45) is 10.3. The smallest absolute Gasteiger partial charge is 0.0602 e. The van der Waals surface area contributed by atoms with Crippen molar-refractivity contribution in [2.45, 2.75) is 18.5 Å². The molecular formula is C35H36N2. The Morgan fingerprint density at radius 3 is 1.46 bits per heavy atom. The molecule has 0 saturated carbocycles. The van der Waals surface area contributed by atoms with Crippen molar-refractivity contribution in [1.29, 1.82) is 0 Å². The summed E-state index contributed by atoms with van der Waals surface area (Å²) in [6.45, 7) is 4.21. The van der Waals surface area contributed by atoms with Crippen LogP contribution in [0.4, 0.5) is 0 Å². The van der Waals surface area contributed by atoms with Gasteiger partial charge in [-0.15, -0.1) is 0 Å². The van der Waals surface area contributed by atoms with Crippen LogP contribution in [0.2, 0.25) is 0 Å². The van der Waals surface area contributed by atoms with Gasteiger partial charge in [0.2, 0.25) is 0 Å². The van der Waals surface area contributed by atoms with E-state index in [2.05, 4.69) is 155 Å². The normalized spacial score (nSPS) is 16.0. The molecule has 0 aromatic heterocycles. The summed E-state index contributed by atoms with van der Waals surface area (Å²) < 4.78 is 0. The van der Waals surface area contributed by atoms with Gasteiger partial charge in [0.1, 0.15) is 0 Å². The minimum absolute atomic E-state index is 0.292. The van der Waals surface area contributed by atoms with E-state index in [0.717, 1.165) is 32.6 Å². The molecule has 0 aliphatic carbocycles. The lowest BCUT2D eigenvalue weighted by Crippen LogP contribution is -2.50. The molecule has 5 rings (SSSR count). The van der Waals surface area contributed by atoms with Gasteiger partial charge in [-0.05, 0) is 28.7 Å². The number of hydrogen-bond donors (Lipinski definition) is 0. The fourth-order valence-corrected chi connectivity index (χ4v) is 5.26. The Morgan fingerprint density at radius 1 is 0.514 bits per heavy atom. The lowest BCUT2D eigenvalue weighted by Gasteiger charge is -2.42. The van der Waals surface area contributed by atoms with Crippen molar-refractivity contribution in [3.63, 3.8) is 0 Å². The maximum absolute atomic E-state index is 2.65. The van der Waals surface area contributed by atoms with Crippen LogP contribution in [0.1, 0.15) is 34.7 Å². The van der Waals surface area contributed by atoms with E-state index in [4.69, 9.17) is 0 Å². The highest BCUT2D eigenvalue weighted by molar-refractivity contribution is 5.51. The second-order valence-corrected chi connectivity index (χ2v) is 9.68. The molecule has 1 fully saturated rings. The van der Waals surface area contributed by atoms with Crippen molar-refractivity contribution in [2.24, 2.45) is 0 Å². The molecule has 1 atom stereocenters. The van der Waals surface area contributed by atoms with Crippen LogP contribution < -0.4 is 0 Å². The van der Waals surface area contributed by atoms with Gasteiger partial charge in [-0.1, -0.05) is 146 Å². The molecule has 1 saturated heterocycles. The maximum atomic E-state index is 2.65. The summed E-state index contributed by atoms with van der Waals surface area (Å²) in [7, 11) is 0. The number of nitrogens with zero attached hydrogens (tertiary/aromatic N) is 2. The van der Waals surface area contributed by atoms with E-state index in [1.165, 1.54) is 22.3 Å². The van der Waals surface area contributed by atoms with Crippen LogP contribution in [0.3, 0.4) is 0 Å². The third kappa shape index (κ3) is 6.95. The van der Waals surface area contributed by atoms with Gasteiger partial charge < -0.3 is 0 Å². The van der Waals surface area contributed by atoms with Gasteiger partial charge >= 0.3 is 0 Å². The molecule has 37 heavy (non-hydrogen) atoms. The monoisotopic (exact) mass is 484 g/mol. The molecule has 0 spiro atoms. The minimum atomic E-state index is 0.292. The van der Waals surface area contributed by atoms with Crippen molar-refractivity contribution >= 4 is 12.2 Å². The number of piperazine rings is 1. The zero-order valence-corrected chi connectivity index (χ0v) is 21.4. The summed E-state index contributed by atoms with van der Waals surface area (Å²) in [6, 6.07) is 43.8.